The number of ether oxygens (including phenoxy) is 1. The summed E-state index contributed by atoms with van der Waals surface area (Å²) in [7, 11) is 0. The number of aromatic carboxylic acids is 1. The first kappa shape index (κ1) is 15.0. The Labute approximate surface area is 122 Å². The van der Waals surface area contributed by atoms with E-state index in [1.807, 2.05) is 24.6 Å². The Bertz CT molecular complexity index is 652. The highest BCUT2D eigenvalue weighted by atomic mass is 19.1. The van der Waals surface area contributed by atoms with Crippen LogP contribution in [0.4, 0.5) is 4.39 Å². The van der Waals surface area contributed by atoms with Gasteiger partial charge in [0.25, 0.3) is 0 Å². The third-order valence-corrected chi connectivity index (χ3v) is 3.12. The molecule has 2 aromatic rings. The van der Waals surface area contributed by atoms with Gasteiger partial charge in [0.2, 0.25) is 0 Å². The maximum absolute atomic E-state index is 13.1. The van der Waals surface area contributed by atoms with Gasteiger partial charge in [0.1, 0.15) is 23.7 Å². The number of carboxylic acids is 1. The van der Waals surface area contributed by atoms with Crippen molar-refractivity contribution in [1.29, 1.82) is 0 Å². The number of rotatable bonds is 6. The zero-order valence-corrected chi connectivity index (χ0v) is 12.0. The summed E-state index contributed by atoms with van der Waals surface area (Å²) in [6, 6.07) is 5.38. The van der Waals surface area contributed by atoms with Crippen LogP contribution in [0.5, 0.6) is 5.75 Å². The maximum atomic E-state index is 13.1. The lowest BCUT2D eigenvalue weighted by molar-refractivity contribution is 0.0691. The molecule has 1 aromatic heterocycles. The Morgan fingerprint density at radius 3 is 2.76 bits per heavy atom. The molecule has 0 aliphatic rings. The fraction of sp³-hybridized carbons (Fsp3) is 0.333. The molecule has 0 amide bonds. The second-order valence-electron chi connectivity index (χ2n) is 4.53. The third-order valence-electron chi connectivity index (χ3n) is 3.12. The molecule has 0 radical (unpaired) electrons. The minimum Gasteiger partial charge on any atom is -0.486 e. The van der Waals surface area contributed by atoms with Gasteiger partial charge in [-0.05, 0) is 37.6 Å². The van der Waals surface area contributed by atoms with E-state index >= 15 is 0 Å². The van der Waals surface area contributed by atoms with E-state index in [-0.39, 0.29) is 17.9 Å². The first-order chi connectivity index (χ1) is 10.0. The standard InChI is InChI=1S/C15H17FN2O3/c1-3-11-8-12(18(4-2)17-11)9-21-14-6-5-10(16)7-13(14)15(19)20/h5-8H,3-4,9H2,1-2H3,(H,19,20). The van der Waals surface area contributed by atoms with Crippen molar-refractivity contribution in [1.82, 2.24) is 9.78 Å². The number of hydrogen-bond acceptors (Lipinski definition) is 3. The van der Waals surface area contributed by atoms with E-state index < -0.39 is 11.8 Å². The summed E-state index contributed by atoms with van der Waals surface area (Å²) in [6.45, 7) is 4.87. The van der Waals surface area contributed by atoms with Gasteiger partial charge >= 0.3 is 5.97 Å². The van der Waals surface area contributed by atoms with Gasteiger partial charge in [-0.15, -0.1) is 0 Å². The van der Waals surface area contributed by atoms with Crippen molar-refractivity contribution in [3.8, 4) is 5.75 Å². The number of hydrogen-bond donors (Lipinski definition) is 1. The summed E-state index contributed by atoms with van der Waals surface area (Å²) in [5, 5.41) is 13.5. The highest BCUT2D eigenvalue weighted by Gasteiger charge is 2.14. The van der Waals surface area contributed by atoms with Crippen LogP contribution in [0, 0.1) is 5.82 Å². The van der Waals surface area contributed by atoms with E-state index in [0.717, 1.165) is 23.9 Å². The molecular weight excluding hydrogens is 275 g/mol. The van der Waals surface area contributed by atoms with Crippen molar-refractivity contribution in [3.05, 3.63) is 47.0 Å². The van der Waals surface area contributed by atoms with E-state index in [2.05, 4.69) is 5.10 Å². The fourth-order valence-electron chi connectivity index (χ4n) is 2.02. The average Bonchev–Trinajstić information content (AvgIpc) is 2.88. The molecule has 1 aromatic carbocycles. The largest absolute Gasteiger partial charge is 0.486 e. The number of nitrogens with zero attached hydrogens (tertiary/aromatic N) is 2. The van der Waals surface area contributed by atoms with Gasteiger partial charge in [0.05, 0.1) is 11.4 Å². The van der Waals surface area contributed by atoms with Gasteiger partial charge in [-0.2, -0.15) is 5.10 Å². The minimum absolute atomic E-state index is 0.144. The maximum Gasteiger partial charge on any atom is 0.339 e. The summed E-state index contributed by atoms with van der Waals surface area (Å²) in [5.41, 5.74) is 1.62. The minimum atomic E-state index is -1.22. The van der Waals surface area contributed by atoms with Crippen molar-refractivity contribution < 1.29 is 19.0 Å². The SMILES string of the molecule is CCc1cc(COc2ccc(F)cc2C(=O)O)n(CC)n1. The molecule has 6 heteroatoms. The van der Waals surface area contributed by atoms with E-state index in [4.69, 9.17) is 9.84 Å². The van der Waals surface area contributed by atoms with Crippen molar-refractivity contribution in [2.75, 3.05) is 0 Å². The highest BCUT2D eigenvalue weighted by molar-refractivity contribution is 5.90. The second-order valence-corrected chi connectivity index (χ2v) is 4.53. The quantitative estimate of drug-likeness (QED) is 0.889. The predicted octanol–water partition coefficient (Wildman–Crippen LogP) is 2.88. The Balaban J connectivity index is 2.20. The molecule has 1 heterocycles. The van der Waals surface area contributed by atoms with E-state index in [9.17, 15) is 9.18 Å². The lowest BCUT2D eigenvalue weighted by Crippen LogP contribution is -2.08. The first-order valence-electron chi connectivity index (χ1n) is 6.76. The molecule has 0 unspecified atom stereocenters. The molecule has 0 spiro atoms. The fourth-order valence-corrected chi connectivity index (χ4v) is 2.02. The van der Waals surface area contributed by atoms with Gasteiger partial charge < -0.3 is 9.84 Å². The molecule has 0 saturated heterocycles. The smallest absolute Gasteiger partial charge is 0.339 e. The topological polar surface area (TPSA) is 64.3 Å². The van der Waals surface area contributed by atoms with Crippen molar-refractivity contribution in [3.63, 3.8) is 0 Å². The van der Waals surface area contributed by atoms with Gasteiger partial charge in [-0.1, -0.05) is 6.92 Å². The van der Waals surface area contributed by atoms with Crippen molar-refractivity contribution >= 4 is 5.97 Å². The zero-order valence-electron chi connectivity index (χ0n) is 12.0. The monoisotopic (exact) mass is 292 g/mol. The molecule has 0 atom stereocenters. The van der Waals surface area contributed by atoms with Gasteiger partial charge in [-0.25, -0.2) is 9.18 Å². The molecule has 1 N–H and O–H groups in total. The Morgan fingerprint density at radius 2 is 2.14 bits per heavy atom. The van der Waals surface area contributed by atoms with Crippen LogP contribution in [0.25, 0.3) is 0 Å². The van der Waals surface area contributed by atoms with Crippen LogP contribution < -0.4 is 4.74 Å². The van der Waals surface area contributed by atoms with Crippen LogP contribution in [-0.2, 0) is 19.6 Å². The molecule has 0 bridgehead atoms. The average molecular weight is 292 g/mol. The van der Waals surface area contributed by atoms with Crippen LogP contribution in [0.3, 0.4) is 0 Å². The third kappa shape index (κ3) is 3.39. The van der Waals surface area contributed by atoms with Crippen molar-refractivity contribution in [2.24, 2.45) is 0 Å². The van der Waals surface area contributed by atoms with Gasteiger partial charge in [-0.3, -0.25) is 4.68 Å². The van der Waals surface area contributed by atoms with E-state index in [0.29, 0.717) is 6.54 Å². The molecule has 0 fully saturated rings. The van der Waals surface area contributed by atoms with Crippen LogP contribution in [-0.4, -0.2) is 20.9 Å². The number of aryl methyl sites for hydroxylation is 2. The molecule has 0 saturated carbocycles. The summed E-state index contributed by atoms with van der Waals surface area (Å²) >= 11 is 0. The molecular formula is C15H17FN2O3. The molecule has 0 aliphatic heterocycles. The van der Waals surface area contributed by atoms with Gasteiger partial charge in [0.15, 0.2) is 0 Å². The lowest BCUT2D eigenvalue weighted by Gasteiger charge is -2.10. The number of carbonyl (C=O) groups is 1. The normalized spacial score (nSPS) is 10.6. The van der Waals surface area contributed by atoms with Crippen LogP contribution in [0.15, 0.2) is 24.3 Å². The molecule has 0 aliphatic carbocycles. The summed E-state index contributed by atoms with van der Waals surface area (Å²) in [5.74, 6) is -1.68. The summed E-state index contributed by atoms with van der Waals surface area (Å²) in [4.78, 5) is 11.1. The Kier molecular flexibility index (Phi) is 4.57. The van der Waals surface area contributed by atoms with E-state index in [1.165, 1.54) is 12.1 Å². The molecule has 5 nitrogen and oxygen atoms in total. The predicted molar refractivity (Wildman–Crippen MR) is 75.0 cm³/mol. The van der Waals surface area contributed by atoms with Crippen LogP contribution in [0.1, 0.15) is 35.6 Å². The highest BCUT2D eigenvalue weighted by Crippen LogP contribution is 2.21. The van der Waals surface area contributed by atoms with Crippen molar-refractivity contribution in [2.45, 2.75) is 33.4 Å². The number of benzene rings is 1. The Morgan fingerprint density at radius 1 is 1.38 bits per heavy atom. The molecule has 112 valence electrons. The number of aromatic nitrogens is 2. The second kappa shape index (κ2) is 6.39. The summed E-state index contributed by atoms with van der Waals surface area (Å²) in [6.07, 6.45) is 0.816. The first-order valence-corrected chi connectivity index (χ1v) is 6.76. The Hall–Kier alpha value is -2.37. The number of halogens is 1. The van der Waals surface area contributed by atoms with Gasteiger partial charge in [0, 0.05) is 6.54 Å². The molecule has 21 heavy (non-hydrogen) atoms. The zero-order chi connectivity index (χ0) is 15.4. The van der Waals surface area contributed by atoms with Crippen LogP contribution >= 0.6 is 0 Å². The summed E-state index contributed by atoms with van der Waals surface area (Å²) < 4.78 is 20.4. The molecule has 2 rings (SSSR count). The number of carboxylic acid groups (broad SMARTS) is 1. The van der Waals surface area contributed by atoms with E-state index in [1.54, 1.807) is 0 Å². The van der Waals surface area contributed by atoms with Crippen LogP contribution in [0.2, 0.25) is 0 Å². The lowest BCUT2D eigenvalue weighted by atomic mass is 10.2.